The van der Waals surface area contributed by atoms with Crippen LogP contribution in [-0.2, 0) is 0 Å². The molecule has 0 aromatic carbocycles. The van der Waals surface area contributed by atoms with Crippen LogP contribution in [0.1, 0.15) is 23.7 Å². The predicted octanol–water partition coefficient (Wildman–Crippen LogP) is 1.00. The van der Waals surface area contributed by atoms with E-state index in [9.17, 15) is 4.79 Å². The summed E-state index contributed by atoms with van der Waals surface area (Å²) in [4.78, 5) is 15.0. The Bertz CT molecular complexity index is 364. The van der Waals surface area contributed by atoms with Gasteiger partial charge in [-0.2, -0.15) is 0 Å². The number of primary amides is 1. The largest absolute Gasteiger partial charge is 0.367 e. The molecule has 2 rings (SSSR count). The molecule has 1 saturated carbocycles. The van der Waals surface area contributed by atoms with E-state index in [1.165, 1.54) is 6.42 Å². The Morgan fingerprint density at radius 1 is 1.71 bits per heavy atom. The van der Waals surface area contributed by atoms with Gasteiger partial charge < -0.3 is 11.1 Å². The van der Waals surface area contributed by atoms with Crippen LogP contribution in [-0.4, -0.2) is 16.9 Å². The van der Waals surface area contributed by atoms with Gasteiger partial charge in [-0.15, -0.1) is 0 Å². The Morgan fingerprint density at radius 3 is 3.00 bits per heavy atom. The van der Waals surface area contributed by atoms with E-state index >= 15 is 0 Å². The van der Waals surface area contributed by atoms with E-state index < -0.39 is 5.91 Å². The molecule has 0 bridgehead atoms. The molecule has 0 unspecified atom stereocenters. The van der Waals surface area contributed by atoms with E-state index in [0.717, 1.165) is 5.82 Å². The van der Waals surface area contributed by atoms with Crippen LogP contribution in [0.15, 0.2) is 18.3 Å². The van der Waals surface area contributed by atoms with Gasteiger partial charge in [-0.25, -0.2) is 4.98 Å². The first-order chi connectivity index (χ1) is 6.66. The van der Waals surface area contributed by atoms with Crippen LogP contribution < -0.4 is 11.1 Å². The summed E-state index contributed by atoms with van der Waals surface area (Å²) in [5.74, 6) is 1.02. The van der Waals surface area contributed by atoms with Gasteiger partial charge in [-0.1, -0.05) is 6.92 Å². The molecule has 2 atom stereocenters. The number of aromatic nitrogens is 1. The van der Waals surface area contributed by atoms with Crippen LogP contribution in [0.4, 0.5) is 5.82 Å². The molecule has 4 heteroatoms. The number of nitrogens with one attached hydrogen (secondary N) is 1. The number of carbonyl (C=O) groups excluding carboxylic acids is 1. The van der Waals surface area contributed by atoms with Crippen LogP contribution in [0.25, 0.3) is 0 Å². The van der Waals surface area contributed by atoms with Crippen LogP contribution >= 0.6 is 0 Å². The Labute approximate surface area is 82.5 Å². The molecule has 4 nitrogen and oxygen atoms in total. The summed E-state index contributed by atoms with van der Waals surface area (Å²) >= 11 is 0. The van der Waals surface area contributed by atoms with Crippen molar-refractivity contribution in [2.75, 3.05) is 5.32 Å². The fraction of sp³-hybridized carbons (Fsp3) is 0.400. The summed E-state index contributed by atoms with van der Waals surface area (Å²) in [6.07, 6.45) is 2.76. The van der Waals surface area contributed by atoms with E-state index in [4.69, 9.17) is 5.73 Å². The highest BCUT2D eigenvalue weighted by atomic mass is 16.1. The topological polar surface area (TPSA) is 68.0 Å². The lowest BCUT2D eigenvalue weighted by molar-refractivity contribution is 0.1000. The standard InChI is InChI=1S/C10H13N3O/c1-6-4-8(6)13-9-5-7(10(11)14)2-3-12-9/h2-3,5-6,8H,4H2,1H3,(H2,11,14)(H,12,13)/t6-,8-/m1/s1. The van der Waals surface area contributed by atoms with Gasteiger partial charge in [-0.05, 0) is 24.5 Å². The smallest absolute Gasteiger partial charge is 0.248 e. The van der Waals surface area contributed by atoms with E-state index in [0.29, 0.717) is 17.5 Å². The number of hydrogen-bond acceptors (Lipinski definition) is 3. The minimum atomic E-state index is -0.417. The number of pyridine rings is 1. The first-order valence-corrected chi connectivity index (χ1v) is 4.69. The van der Waals surface area contributed by atoms with Gasteiger partial charge in [0.25, 0.3) is 0 Å². The van der Waals surface area contributed by atoms with Gasteiger partial charge in [-0.3, -0.25) is 4.79 Å². The van der Waals surface area contributed by atoms with E-state index in [-0.39, 0.29) is 0 Å². The lowest BCUT2D eigenvalue weighted by atomic mass is 10.2. The Hall–Kier alpha value is -1.58. The monoisotopic (exact) mass is 191 g/mol. The Balaban J connectivity index is 2.10. The number of carbonyl (C=O) groups is 1. The molecule has 1 amide bonds. The van der Waals surface area contributed by atoms with Crippen LogP contribution in [0.2, 0.25) is 0 Å². The average Bonchev–Trinajstić information content (AvgIpc) is 2.82. The molecular formula is C10H13N3O. The maximum atomic E-state index is 10.9. The number of rotatable bonds is 3. The molecular weight excluding hydrogens is 178 g/mol. The third-order valence-electron chi connectivity index (χ3n) is 2.49. The van der Waals surface area contributed by atoms with Crippen molar-refractivity contribution in [2.45, 2.75) is 19.4 Å². The second kappa shape index (κ2) is 3.29. The van der Waals surface area contributed by atoms with E-state index in [1.807, 2.05) is 0 Å². The number of nitrogens with zero attached hydrogens (tertiary/aromatic N) is 1. The minimum Gasteiger partial charge on any atom is -0.367 e. The fourth-order valence-electron chi connectivity index (χ4n) is 1.38. The van der Waals surface area contributed by atoms with Crippen LogP contribution in [0.3, 0.4) is 0 Å². The minimum absolute atomic E-state index is 0.417. The molecule has 1 aliphatic rings. The lowest BCUT2D eigenvalue weighted by Gasteiger charge is -2.04. The van der Waals surface area contributed by atoms with Crippen molar-refractivity contribution in [3.63, 3.8) is 0 Å². The lowest BCUT2D eigenvalue weighted by Crippen LogP contribution is -2.12. The summed E-state index contributed by atoms with van der Waals surface area (Å²) in [6.45, 7) is 2.18. The highest BCUT2D eigenvalue weighted by Crippen LogP contribution is 2.32. The highest BCUT2D eigenvalue weighted by molar-refractivity contribution is 5.93. The number of hydrogen-bond donors (Lipinski definition) is 2. The SMILES string of the molecule is C[C@@H]1C[C@H]1Nc1cc(C(N)=O)ccn1. The number of anilines is 1. The molecule has 1 aliphatic carbocycles. The maximum absolute atomic E-state index is 10.9. The second-order valence-corrected chi connectivity index (χ2v) is 3.76. The molecule has 1 aromatic heterocycles. The zero-order valence-electron chi connectivity index (χ0n) is 8.03. The zero-order valence-corrected chi connectivity index (χ0v) is 8.03. The second-order valence-electron chi connectivity index (χ2n) is 3.76. The fourth-order valence-corrected chi connectivity index (χ4v) is 1.38. The zero-order chi connectivity index (χ0) is 10.1. The molecule has 1 fully saturated rings. The van der Waals surface area contributed by atoms with Gasteiger partial charge in [0.1, 0.15) is 5.82 Å². The van der Waals surface area contributed by atoms with Crippen LogP contribution in [0, 0.1) is 5.92 Å². The van der Waals surface area contributed by atoms with Gasteiger partial charge in [0.2, 0.25) is 5.91 Å². The van der Waals surface area contributed by atoms with Crippen molar-refractivity contribution in [1.82, 2.24) is 4.98 Å². The Morgan fingerprint density at radius 2 is 2.43 bits per heavy atom. The third kappa shape index (κ3) is 1.84. The van der Waals surface area contributed by atoms with Gasteiger partial charge in [0.15, 0.2) is 0 Å². The summed E-state index contributed by atoms with van der Waals surface area (Å²) in [7, 11) is 0. The van der Waals surface area contributed by atoms with Crippen molar-refractivity contribution >= 4 is 11.7 Å². The van der Waals surface area contributed by atoms with Crippen molar-refractivity contribution in [1.29, 1.82) is 0 Å². The summed E-state index contributed by atoms with van der Waals surface area (Å²) in [6, 6.07) is 3.81. The summed E-state index contributed by atoms with van der Waals surface area (Å²) in [5.41, 5.74) is 5.66. The van der Waals surface area contributed by atoms with Crippen LogP contribution in [0.5, 0.6) is 0 Å². The van der Waals surface area contributed by atoms with Crippen molar-refractivity contribution in [3.8, 4) is 0 Å². The van der Waals surface area contributed by atoms with Crippen molar-refractivity contribution in [2.24, 2.45) is 11.7 Å². The average molecular weight is 191 g/mol. The molecule has 0 aliphatic heterocycles. The number of amides is 1. The molecule has 74 valence electrons. The quantitative estimate of drug-likeness (QED) is 0.749. The van der Waals surface area contributed by atoms with Gasteiger partial charge in [0, 0.05) is 17.8 Å². The van der Waals surface area contributed by atoms with Gasteiger partial charge >= 0.3 is 0 Å². The Kier molecular flexibility index (Phi) is 2.11. The molecule has 0 radical (unpaired) electrons. The van der Waals surface area contributed by atoms with E-state index in [1.54, 1.807) is 18.3 Å². The molecule has 14 heavy (non-hydrogen) atoms. The number of nitrogens with two attached hydrogens (primary N) is 1. The molecule has 0 saturated heterocycles. The van der Waals surface area contributed by atoms with Gasteiger partial charge in [0.05, 0.1) is 0 Å². The molecule has 1 aromatic rings. The predicted molar refractivity (Wildman–Crippen MR) is 53.9 cm³/mol. The third-order valence-corrected chi connectivity index (χ3v) is 2.49. The summed E-state index contributed by atoms with van der Waals surface area (Å²) < 4.78 is 0. The van der Waals surface area contributed by atoms with Crippen molar-refractivity contribution < 1.29 is 4.79 Å². The first-order valence-electron chi connectivity index (χ1n) is 4.69. The molecule has 0 spiro atoms. The molecule has 1 heterocycles. The summed E-state index contributed by atoms with van der Waals surface area (Å²) in [5, 5.41) is 3.24. The maximum Gasteiger partial charge on any atom is 0.248 e. The first kappa shape index (κ1) is 8.99. The normalized spacial score (nSPS) is 24.4. The molecule has 3 N–H and O–H groups in total. The van der Waals surface area contributed by atoms with Crippen molar-refractivity contribution in [3.05, 3.63) is 23.9 Å². The van der Waals surface area contributed by atoms with E-state index in [2.05, 4.69) is 17.2 Å². The highest BCUT2D eigenvalue weighted by Gasteiger charge is 2.32.